The zero-order valence-corrected chi connectivity index (χ0v) is 13.1. The van der Waals surface area contributed by atoms with Crippen LogP contribution < -0.4 is 0 Å². The molecule has 0 N–H and O–H groups in total. The molecule has 2 saturated carbocycles. The van der Waals surface area contributed by atoms with E-state index in [2.05, 4.69) is 41.6 Å². The van der Waals surface area contributed by atoms with E-state index >= 15 is 0 Å². The zero-order valence-electron chi connectivity index (χ0n) is 13.1. The lowest BCUT2D eigenvalue weighted by atomic mass is 9.90. The zero-order chi connectivity index (χ0) is 14.3. The Bertz CT molecular complexity index is 410. The van der Waals surface area contributed by atoms with Gasteiger partial charge >= 0.3 is 0 Å². The molecule has 2 aliphatic carbocycles. The summed E-state index contributed by atoms with van der Waals surface area (Å²) in [4.78, 5) is 0. The first-order chi connectivity index (χ1) is 10.4. The first-order valence-electron chi connectivity index (χ1n) is 8.81. The summed E-state index contributed by atoms with van der Waals surface area (Å²) in [5, 5.41) is 7.44. The monoisotopic (exact) mass is 284 g/mol. The van der Waals surface area contributed by atoms with Crippen LogP contribution in [0.3, 0.4) is 0 Å². The van der Waals surface area contributed by atoms with E-state index in [9.17, 15) is 0 Å². The van der Waals surface area contributed by atoms with Crippen molar-refractivity contribution in [2.75, 3.05) is 0 Å². The van der Waals surface area contributed by atoms with E-state index in [-0.39, 0.29) is 0 Å². The van der Waals surface area contributed by atoms with Crippen molar-refractivity contribution in [3.05, 3.63) is 35.9 Å². The van der Waals surface area contributed by atoms with Gasteiger partial charge in [-0.3, -0.25) is 5.01 Å². The van der Waals surface area contributed by atoms with Crippen molar-refractivity contribution < 1.29 is 0 Å². The van der Waals surface area contributed by atoms with Crippen molar-refractivity contribution in [3.63, 3.8) is 0 Å². The molecule has 114 valence electrons. The fourth-order valence-corrected chi connectivity index (χ4v) is 3.85. The lowest BCUT2D eigenvalue weighted by Crippen LogP contribution is -2.41. The van der Waals surface area contributed by atoms with E-state index in [0.29, 0.717) is 12.1 Å². The van der Waals surface area contributed by atoms with Gasteiger partial charge in [0.05, 0.1) is 6.21 Å². The summed E-state index contributed by atoms with van der Waals surface area (Å²) < 4.78 is 0. The minimum absolute atomic E-state index is 0.682. The Morgan fingerprint density at radius 2 is 1.29 bits per heavy atom. The summed E-state index contributed by atoms with van der Waals surface area (Å²) in [5.41, 5.74) is 1.22. The molecule has 0 unspecified atom stereocenters. The lowest BCUT2D eigenvalue weighted by molar-refractivity contribution is 0.0855. The van der Waals surface area contributed by atoms with Gasteiger partial charge in [0.2, 0.25) is 0 Å². The second kappa shape index (κ2) is 7.63. The third-order valence-corrected chi connectivity index (χ3v) is 5.04. The lowest BCUT2D eigenvalue weighted by Gasteiger charge is -2.39. The average Bonchev–Trinajstić information content (AvgIpc) is 2.58. The third kappa shape index (κ3) is 4.09. The highest BCUT2D eigenvalue weighted by Gasteiger charge is 2.27. The van der Waals surface area contributed by atoms with E-state index in [0.717, 1.165) is 0 Å². The fraction of sp³-hybridized carbons (Fsp3) is 0.632. The summed E-state index contributed by atoms with van der Waals surface area (Å²) in [6.07, 6.45) is 15.8. The van der Waals surface area contributed by atoms with Crippen LogP contribution in [0.5, 0.6) is 0 Å². The predicted molar refractivity (Wildman–Crippen MR) is 89.6 cm³/mol. The second-order valence-corrected chi connectivity index (χ2v) is 6.62. The Balaban J connectivity index is 1.72. The highest BCUT2D eigenvalue weighted by molar-refractivity contribution is 5.79. The maximum absolute atomic E-state index is 4.95. The minimum Gasteiger partial charge on any atom is -0.291 e. The van der Waals surface area contributed by atoms with Gasteiger partial charge in [-0.15, -0.1) is 0 Å². The number of hydrogen-bond donors (Lipinski definition) is 0. The van der Waals surface area contributed by atoms with Crippen molar-refractivity contribution in [2.24, 2.45) is 5.10 Å². The molecule has 2 heteroatoms. The molecular formula is C19H28N2. The highest BCUT2D eigenvalue weighted by Crippen LogP contribution is 2.30. The molecule has 0 radical (unpaired) electrons. The molecule has 2 fully saturated rings. The molecule has 0 aliphatic heterocycles. The summed E-state index contributed by atoms with van der Waals surface area (Å²) in [6.45, 7) is 0. The topological polar surface area (TPSA) is 15.6 Å². The predicted octanol–water partition coefficient (Wildman–Crippen LogP) is 4.99. The largest absolute Gasteiger partial charge is 0.291 e. The summed E-state index contributed by atoms with van der Waals surface area (Å²) in [6, 6.07) is 11.9. The normalized spacial score (nSPS) is 21.7. The van der Waals surface area contributed by atoms with Crippen molar-refractivity contribution in [2.45, 2.75) is 76.3 Å². The van der Waals surface area contributed by atoms with Gasteiger partial charge in [0, 0.05) is 12.1 Å². The van der Waals surface area contributed by atoms with Crippen LogP contribution in [0.1, 0.15) is 69.8 Å². The molecule has 0 saturated heterocycles. The van der Waals surface area contributed by atoms with Crippen molar-refractivity contribution >= 4 is 6.21 Å². The van der Waals surface area contributed by atoms with Crippen LogP contribution in [0, 0.1) is 0 Å². The van der Waals surface area contributed by atoms with Crippen LogP contribution in [-0.4, -0.2) is 23.3 Å². The van der Waals surface area contributed by atoms with E-state index < -0.39 is 0 Å². The summed E-state index contributed by atoms with van der Waals surface area (Å²) >= 11 is 0. The molecule has 0 amide bonds. The Hall–Kier alpha value is -1.31. The quantitative estimate of drug-likeness (QED) is 0.562. The third-order valence-electron chi connectivity index (χ3n) is 5.04. The molecule has 21 heavy (non-hydrogen) atoms. The van der Waals surface area contributed by atoms with Gasteiger partial charge < -0.3 is 0 Å². The molecule has 0 bridgehead atoms. The Morgan fingerprint density at radius 3 is 1.81 bits per heavy atom. The number of rotatable bonds is 4. The van der Waals surface area contributed by atoms with Crippen LogP contribution in [0.4, 0.5) is 0 Å². The van der Waals surface area contributed by atoms with Crippen LogP contribution in [0.15, 0.2) is 35.4 Å². The first-order valence-corrected chi connectivity index (χ1v) is 8.81. The first kappa shape index (κ1) is 14.6. The smallest absolute Gasteiger partial charge is 0.0543 e. The molecule has 1 aromatic carbocycles. The molecule has 0 atom stereocenters. The molecule has 0 aromatic heterocycles. The number of hydrogen-bond acceptors (Lipinski definition) is 2. The van der Waals surface area contributed by atoms with Gasteiger partial charge in [-0.25, -0.2) is 0 Å². The average molecular weight is 284 g/mol. The SMILES string of the molecule is C(=NN(C1CCCCC1)C1CCCCC1)c1ccccc1. The van der Waals surface area contributed by atoms with Crippen molar-refractivity contribution in [3.8, 4) is 0 Å². The van der Waals surface area contributed by atoms with Crippen LogP contribution in [0.2, 0.25) is 0 Å². The molecule has 0 spiro atoms. The second-order valence-electron chi connectivity index (χ2n) is 6.62. The van der Waals surface area contributed by atoms with Gasteiger partial charge in [-0.2, -0.15) is 5.10 Å². The Kier molecular flexibility index (Phi) is 5.31. The number of benzene rings is 1. The van der Waals surface area contributed by atoms with Crippen LogP contribution in [0.25, 0.3) is 0 Å². The molecule has 0 heterocycles. The Labute approximate surface area is 129 Å². The van der Waals surface area contributed by atoms with Crippen LogP contribution in [-0.2, 0) is 0 Å². The number of hydrazone groups is 1. The summed E-state index contributed by atoms with van der Waals surface area (Å²) in [7, 11) is 0. The van der Waals surface area contributed by atoms with E-state index in [1.54, 1.807) is 0 Å². The van der Waals surface area contributed by atoms with E-state index in [1.807, 2.05) is 0 Å². The van der Waals surface area contributed by atoms with Gasteiger partial charge in [0.15, 0.2) is 0 Å². The molecule has 3 rings (SSSR count). The highest BCUT2D eigenvalue weighted by atomic mass is 15.5. The molecular weight excluding hydrogens is 256 g/mol. The van der Waals surface area contributed by atoms with Crippen molar-refractivity contribution in [1.29, 1.82) is 0 Å². The minimum atomic E-state index is 0.682. The van der Waals surface area contributed by atoms with Gasteiger partial charge in [-0.05, 0) is 31.2 Å². The molecule has 1 aromatic rings. The maximum Gasteiger partial charge on any atom is 0.0543 e. The van der Waals surface area contributed by atoms with Gasteiger partial charge in [0.1, 0.15) is 0 Å². The summed E-state index contributed by atoms with van der Waals surface area (Å²) in [5.74, 6) is 0. The van der Waals surface area contributed by atoms with E-state index in [4.69, 9.17) is 5.10 Å². The number of nitrogens with zero attached hydrogens (tertiary/aromatic N) is 2. The Morgan fingerprint density at radius 1 is 0.762 bits per heavy atom. The fourth-order valence-electron chi connectivity index (χ4n) is 3.85. The van der Waals surface area contributed by atoms with Crippen LogP contribution >= 0.6 is 0 Å². The van der Waals surface area contributed by atoms with Gasteiger partial charge in [-0.1, -0.05) is 68.9 Å². The van der Waals surface area contributed by atoms with Gasteiger partial charge in [0.25, 0.3) is 0 Å². The molecule has 2 nitrogen and oxygen atoms in total. The standard InChI is InChI=1S/C19H28N2/c1-4-10-17(11-5-1)16-20-21(18-12-6-2-7-13-18)19-14-8-3-9-15-19/h1,4-5,10-11,16,18-19H,2-3,6-9,12-15H2. The van der Waals surface area contributed by atoms with Crippen molar-refractivity contribution in [1.82, 2.24) is 5.01 Å². The molecule has 2 aliphatic rings. The van der Waals surface area contributed by atoms with E-state index in [1.165, 1.54) is 69.8 Å². The maximum atomic E-state index is 4.95.